The van der Waals surface area contributed by atoms with Crippen molar-refractivity contribution in [1.29, 1.82) is 0 Å². The summed E-state index contributed by atoms with van der Waals surface area (Å²) in [6.45, 7) is 1.85. The lowest BCUT2D eigenvalue weighted by atomic mass is 10.0. The number of nitrogens with one attached hydrogen (secondary N) is 3. The first-order valence-corrected chi connectivity index (χ1v) is 10.0. The zero-order valence-electron chi connectivity index (χ0n) is 17.3. The highest BCUT2D eigenvalue weighted by Crippen LogP contribution is 2.32. The number of aromatic amines is 2. The van der Waals surface area contributed by atoms with Gasteiger partial charge in [0, 0.05) is 22.2 Å². The summed E-state index contributed by atoms with van der Waals surface area (Å²) in [6, 6.07) is 11.9. The molecule has 2 aromatic carbocycles. The Labute approximate surface area is 185 Å². The lowest BCUT2D eigenvalue weighted by molar-refractivity contribution is -0.380. The van der Waals surface area contributed by atoms with Gasteiger partial charge in [0.1, 0.15) is 6.20 Å². The fourth-order valence-electron chi connectivity index (χ4n) is 3.78. The molecule has 33 heavy (non-hydrogen) atoms. The summed E-state index contributed by atoms with van der Waals surface area (Å²) in [4.78, 5) is 27.5. The van der Waals surface area contributed by atoms with Gasteiger partial charge in [-0.3, -0.25) is 9.78 Å². The highest BCUT2D eigenvalue weighted by Gasteiger charge is 2.30. The van der Waals surface area contributed by atoms with Crippen molar-refractivity contribution in [3.63, 3.8) is 0 Å². The van der Waals surface area contributed by atoms with E-state index in [-0.39, 0.29) is 5.56 Å². The number of anilines is 1. The SMILES string of the molecule is Cc1ncc(NC(=O)c2cccc(C(F)(F)F)c2)cc1-c1ccc2c(c1)[nH]c1nc[nH+]cc12. The van der Waals surface area contributed by atoms with Crippen molar-refractivity contribution in [3.05, 3.63) is 84.1 Å². The van der Waals surface area contributed by atoms with Crippen LogP contribution in [-0.4, -0.2) is 20.9 Å². The molecule has 0 fully saturated rings. The van der Waals surface area contributed by atoms with Gasteiger partial charge in [-0.15, -0.1) is 0 Å². The van der Waals surface area contributed by atoms with Crippen molar-refractivity contribution in [3.8, 4) is 11.1 Å². The van der Waals surface area contributed by atoms with E-state index in [1.165, 1.54) is 18.3 Å². The molecule has 5 aromatic rings. The summed E-state index contributed by atoms with van der Waals surface area (Å²) in [5.74, 6) is -0.647. The van der Waals surface area contributed by atoms with Gasteiger partial charge in [-0.05, 0) is 47.8 Å². The van der Waals surface area contributed by atoms with Crippen LogP contribution in [0.5, 0.6) is 0 Å². The third-order valence-electron chi connectivity index (χ3n) is 5.42. The van der Waals surface area contributed by atoms with Crippen LogP contribution >= 0.6 is 0 Å². The average Bonchev–Trinajstić information content (AvgIpc) is 3.17. The minimum atomic E-state index is -4.52. The van der Waals surface area contributed by atoms with Crippen LogP contribution in [0, 0.1) is 6.92 Å². The van der Waals surface area contributed by atoms with Crippen LogP contribution in [0.3, 0.4) is 0 Å². The van der Waals surface area contributed by atoms with Gasteiger partial charge in [-0.2, -0.15) is 13.2 Å². The van der Waals surface area contributed by atoms with Crippen molar-refractivity contribution in [2.75, 3.05) is 5.32 Å². The normalized spacial score (nSPS) is 11.8. The minimum Gasteiger partial charge on any atom is -0.321 e. The zero-order valence-corrected chi connectivity index (χ0v) is 17.3. The highest BCUT2D eigenvalue weighted by molar-refractivity contribution is 6.07. The first-order valence-electron chi connectivity index (χ1n) is 10.0. The van der Waals surface area contributed by atoms with E-state index in [9.17, 15) is 18.0 Å². The summed E-state index contributed by atoms with van der Waals surface area (Å²) >= 11 is 0. The molecule has 3 heterocycles. The van der Waals surface area contributed by atoms with Crippen LogP contribution in [0.15, 0.2) is 67.3 Å². The molecule has 5 rings (SSSR count). The number of rotatable bonds is 3. The van der Waals surface area contributed by atoms with Crippen LogP contribution in [0.25, 0.3) is 33.1 Å². The number of hydrogen-bond acceptors (Lipinski definition) is 3. The number of hydrogen-bond donors (Lipinski definition) is 2. The monoisotopic (exact) mass is 448 g/mol. The molecular weight excluding hydrogens is 431 g/mol. The molecule has 0 aliphatic rings. The predicted molar refractivity (Wildman–Crippen MR) is 118 cm³/mol. The lowest BCUT2D eigenvalue weighted by Crippen LogP contribution is -2.14. The Balaban J connectivity index is 1.47. The number of benzene rings is 2. The molecule has 1 amide bonds. The Kier molecular flexibility index (Phi) is 4.81. The summed E-state index contributed by atoms with van der Waals surface area (Å²) < 4.78 is 38.9. The van der Waals surface area contributed by atoms with Gasteiger partial charge < -0.3 is 10.3 Å². The summed E-state index contributed by atoms with van der Waals surface area (Å²) in [5.41, 5.74) is 3.48. The molecule has 6 nitrogen and oxygen atoms in total. The maximum absolute atomic E-state index is 13.0. The molecule has 0 atom stereocenters. The second kappa shape index (κ2) is 7.70. The topological polar surface area (TPSA) is 84.8 Å². The third-order valence-corrected chi connectivity index (χ3v) is 5.42. The Bertz CT molecular complexity index is 1520. The molecule has 0 saturated heterocycles. The number of amides is 1. The van der Waals surface area contributed by atoms with Crippen molar-refractivity contribution >= 4 is 33.5 Å². The maximum Gasteiger partial charge on any atom is 0.416 e. The highest BCUT2D eigenvalue weighted by atomic mass is 19.4. The molecule has 0 spiro atoms. The van der Waals surface area contributed by atoms with Gasteiger partial charge in [0.2, 0.25) is 0 Å². The van der Waals surface area contributed by atoms with Crippen LogP contribution in [0.1, 0.15) is 21.6 Å². The molecular formula is C24H17F3N5O+. The Hall–Kier alpha value is -4.27. The molecule has 0 unspecified atom stereocenters. The van der Waals surface area contributed by atoms with Crippen molar-refractivity contribution in [1.82, 2.24) is 15.0 Å². The number of aryl methyl sites for hydroxylation is 1. The number of alkyl halides is 3. The third kappa shape index (κ3) is 3.89. The minimum absolute atomic E-state index is 0.0873. The van der Waals surface area contributed by atoms with Gasteiger partial charge >= 0.3 is 6.18 Å². The number of pyridine rings is 1. The number of fused-ring (bicyclic) bond motifs is 3. The molecule has 0 bridgehead atoms. The molecule has 9 heteroatoms. The van der Waals surface area contributed by atoms with E-state index in [0.29, 0.717) is 5.69 Å². The van der Waals surface area contributed by atoms with E-state index >= 15 is 0 Å². The second-order valence-corrected chi connectivity index (χ2v) is 7.61. The summed E-state index contributed by atoms with van der Waals surface area (Å²) in [5, 5.41) is 4.62. The van der Waals surface area contributed by atoms with E-state index in [4.69, 9.17) is 0 Å². The number of carbonyl (C=O) groups excluding carboxylic acids is 1. The van der Waals surface area contributed by atoms with Crippen molar-refractivity contribution < 1.29 is 22.9 Å². The first kappa shape index (κ1) is 20.6. The summed E-state index contributed by atoms with van der Waals surface area (Å²) in [6.07, 6.45) is 0.427. The maximum atomic E-state index is 13.0. The Morgan fingerprint density at radius 3 is 2.73 bits per heavy atom. The van der Waals surface area contributed by atoms with Crippen LogP contribution in [0.4, 0.5) is 18.9 Å². The largest absolute Gasteiger partial charge is 0.416 e. The Morgan fingerprint density at radius 1 is 1.06 bits per heavy atom. The lowest BCUT2D eigenvalue weighted by Gasteiger charge is -2.11. The van der Waals surface area contributed by atoms with Gasteiger partial charge in [-0.25, -0.2) is 4.98 Å². The van der Waals surface area contributed by atoms with Gasteiger partial charge in [0.25, 0.3) is 17.9 Å². The number of nitrogens with zero attached hydrogens (tertiary/aromatic N) is 2. The first-order chi connectivity index (χ1) is 15.8. The zero-order chi connectivity index (χ0) is 23.2. The van der Waals surface area contributed by atoms with E-state index in [1.54, 1.807) is 12.4 Å². The smallest absolute Gasteiger partial charge is 0.321 e. The fourth-order valence-corrected chi connectivity index (χ4v) is 3.78. The number of carbonyl (C=O) groups is 1. The van der Waals surface area contributed by atoms with Crippen molar-refractivity contribution in [2.24, 2.45) is 0 Å². The van der Waals surface area contributed by atoms with Crippen molar-refractivity contribution in [2.45, 2.75) is 13.1 Å². The van der Waals surface area contributed by atoms with Crippen LogP contribution < -0.4 is 10.3 Å². The second-order valence-electron chi connectivity index (χ2n) is 7.61. The molecule has 3 N–H and O–H groups in total. The number of H-pyrrole nitrogens is 2. The average molecular weight is 448 g/mol. The van der Waals surface area contributed by atoms with Gasteiger partial charge in [0.15, 0.2) is 0 Å². The predicted octanol–water partition coefficient (Wildman–Crippen LogP) is 5.17. The molecule has 0 radical (unpaired) electrons. The van der Waals surface area contributed by atoms with E-state index < -0.39 is 17.6 Å². The van der Waals surface area contributed by atoms with Crippen LogP contribution in [-0.2, 0) is 6.18 Å². The molecule has 0 saturated carbocycles. The van der Waals surface area contributed by atoms with E-state index in [2.05, 4.69) is 25.3 Å². The molecule has 164 valence electrons. The molecule has 3 aromatic heterocycles. The number of halogens is 3. The fraction of sp³-hybridized carbons (Fsp3) is 0.0833. The standard InChI is InChI=1S/C24H16F3N5O/c1-13-19(14-5-6-18-20-11-28-12-30-22(20)32-21(18)8-14)9-17(10-29-13)31-23(33)15-3-2-4-16(7-15)24(25,26)27/h2-12H,1H3,(H,31,33)(H,28,30,32)/p+1. The van der Waals surface area contributed by atoms with Gasteiger partial charge in [-0.1, -0.05) is 18.2 Å². The summed E-state index contributed by atoms with van der Waals surface area (Å²) in [7, 11) is 0. The molecule has 0 aliphatic heterocycles. The van der Waals surface area contributed by atoms with E-state index in [0.717, 1.165) is 50.9 Å². The van der Waals surface area contributed by atoms with Gasteiger partial charge in [0.05, 0.1) is 28.4 Å². The quantitative estimate of drug-likeness (QED) is 0.399. The van der Waals surface area contributed by atoms with Crippen LogP contribution in [0.2, 0.25) is 0 Å². The molecule has 0 aliphatic carbocycles. The van der Waals surface area contributed by atoms with E-state index in [1.807, 2.05) is 31.3 Å². The Morgan fingerprint density at radius 2 is 1.91 bits per heavy atom. The number of aromatic nitrogens is 4.